The molecule has 0 spiro atoms. The Morgan fingerprint density at radius 2 is 2.08 bits per heavy atom. The van der Waals surface area contributed by atoms with Gasteiger partial charge in [-0.25, -0.2) is 4.79 Å². The van der Waals surface area contributed by atoms with Crippen molar-refractivity contribution in [3.8, 4) is 0 Å². The molecule has 1 aliphatic rings. The molecule has 1 aliphatic heterocycles. The summed E-state index contributed by atoms with van der Waals surface area (Å²) in [5, 5.41) is 3.99. The number of aromatic nitrogens is 4. The molecule has 0 unspecified atom stereocenters. The van der Waals surface area contributed by atoms with Crippen molar-refractivity contribution in [2.45, 2.75) is 45.2 Å². The Kier molecular flexibility index (Phi) is 4.17. The lowest BCUT2D eigenvalue weighted by atomic mass is 10.0. The predicted octanol–water partition coefficient (Wildman–Crippen LogP) is 2.67. The number of fused-ring (bicyclic) bond motifs is 1. The zero-order valence-corrected chi connectivity index (χ0v) is 14.6. The number of aryl methyl sites for hydroxylation is 1. The van der Waals surface area contributed by atoms with Crippen molar-refractivity contribution in [1.82, 2.24) is 24.6 Å². The van der Waals surface area contributed by atoms with E-state index in [1.807, 2.05) is 35.8 Å². The van der Waals surface area contributed by atoms with Gasteiger partial charge >= 0.3 is 5.69 Å². The molecule has 1 N–H and O–H groups in total. The van der Waals surface area contributed by atoms with E-state index in [-0.39, 0.29) is 17.8 Å². The maximum atomic E-state index is 12.4. The minimum Gasteiger partial charge on any atom is -0.338 e. The molecule has 0 saturated carbocycles. The Hall–Kier alpha value is -2.41. The maximum Gasteiger partial charge on any atom is 0.326 e. The van der Waals surface area contributed by atoms with Crippen molar-refractivity contribution in [3.05, 3.63) is 46.5 Å². The third kappa shape index (κ3) is 2.89. The van der Waals surface area contributed by atoms with Crippen molar-refractivity contribution in [3.63, 3.8) is 0 Å². The molecule has 1 fully saturated rings. The van der Waals surface area contributed by atoms with E-state index in [9.17, 15) is 4.79 Å². The highest BCUT2D eigenvalue weighted by Gasteiger charge is 2.28. The summed E-state index contributed by atoms with van der Waals surface area (Å²) >= 11 is 0. The van der Waals surface area contributed by atoms with Gasteiger partial charge < -0.3 is 9.51 Å². The Labute approximate surface area is 145 Å². The molecule has 3 heterocycles. The lowest BCUT2D eigenvalue weighted by Gasteiger charge is -2.34. The SMILES string of the molecule is CCc1noc([C@@H](C)N2CCC(n3c(=O)[nH]c4ccccc43)CC2)n1. The molecule has 0 bridgehead atoms. The van der Waals surface area contributed by atoms with Crippen LogP contribution in [0.5, 0.6) is 0 Å². The Balaban J connectivity index is 1.49. The van der Waals surface area contributed by atoms with Gasteiger partial charge in [-0.3, -0.25) is 9.47 Å². The summed E-state index contributed by atoms with van der Waals surface area (Å²) in [6.45, 7) is 5.93. The van der Waals surface area contributed by atoms with Gasteiger partial charge in [0.2, 0.25) is 5.89 Å². The standard InChI is InChI=1S/C18H23N5O2/c1-3-16-20-17(25-21-16)12(2)22-10-8-13(9-11-22)23-15-7-5-4-6-14(15)19-18(23)24/h4-7,12-13H,3,8-11H2,1-2H3,(H,19,24)/t12-/m1/s1. The second-order valence-corrected chi connectivity index (χ2v) is 6.66. The number of benzene rings is 1. The molecule has 2 aromatic heterocycles. The normalized spacial score (nSPS) is 18.0. The van der Waals surface area contributed by atoms with Gasteiger partial charge in [-0.2, -0.15) is 4.98 Å². The number of aromatic amines is 1. The lowest BCUT2D eigenvalue weighted by Crippen LogP contribution is -2.38. The first-order chi connectivity index (χ1) is 12.2. The van der Waals surface area contributed by atoms with E-state index in [1.54, 1.807) is 0 Å². The number of H-pyrrole nitrogens is 1. The molecule has 132 valence electrons. The van der Waals surface area contributed by atoms with Crippen molar-refractivity contribution >= 4 is 11.0 Å². The van der Waals surface area contributed by atoms with Gasteiger partial charge in [-0.15, -0.1) is 0 Å². The highest BCUT2D eigenvalue weighted by Crippen LogP contribution is 2.29. The summed E-state index contributed by atoms with van der Waals surface area (Å²) in [6.07, 6.45) is 2.64. The molecule has 1 atom stereocenters. The van der Waals surface area contributed by atoms with E-state index < -0.39 is 0 Å². The molecular weight excluding hydrogens is 318 g/mol. The minimum atomic E-state index is -0.0165. The number of imidazole rings is 1. The first-order valence-corrected chi connectivity index (χ1v) is 8.93. The quantitative estimate of drug-likeness (QED) is 0.789. The van der Waals surface area contributed by atoms with Gasteiger partial charge in [-0.1, -0.05) is 24.2 Å². The van der Waals surface area contributed by atoms with E-state index in [0.717, 1.165) is 49.2 Å². The zero-order valence-electron chi connectivity index (χ0n) is 14.6. The first kappa shape index (κ1) is 16.1. The van der Waals surface area contributed by atoms with Crippen molar-refractivity contribution in [2.24, 2.45) is 0 Å². The Morgan fingerprint density at radius 3 is 2.80 bits per heavy atom. The number of rotatable bonds is 4. The van der Waals surface area contributed by atoms with Crippen LogP contribution >= 0.6 is 0 Å². The van der Waals surface area contributed by atoms with Crippen LogP contribution in [0.1, 0.15) is 50.5 Å². The van der Waals surface area contributed by atoms with Gasteiger partial charge in [-0.05, 0) is 31.9 Å². The number of nitrogens with zero attached hydrogens (tertiary/aromatic N) is 4. The number of piperidine rings is 1. The van der Waals surface area contributed by atoms with Crippen LogP contribution in [0.2, 0.25) is 0 Å². The summed E-state index contributed by atoms with van der Waals surface area (Å²) in [6, 6.07) is 8.21. The molecular formula is C18H23N5O2. The molecule has 7 heteroatoms. The number of para-hydroxylation sites is 2. The third-order valence-corrected chi connectivity index (χ3v) is 5.19. The smallest absolute Gasteiger partial charge is 0.326 e. The summed E-state index contributed by atoms with van der Waals surface area (Å²) in [5.41, 5.74) is 1.88. The van der Waals surface area contributed by atoms with E-state index in [4.69, 9.17) is 4.52 Å². The van der Waals surface area contributed by atoms with E-state index in [1.165, 1.54) is 0 Å². The van der Waals surface area contributed by atoms with Gasteiger partial charge in [0.05, 0.1) is 17.1 Å². The predicted molar refractivity (Wildman–Crippen MR) is 94.5 cm³/mol. The summed E-state index contributed by atoms with van der Waals surface area (Å²) in [5.74, 6) is 1.43. The van der Waals surface area contributed by atoms with Gasteiger partial charge in [0, 0.05) is 25.6 Å². The fourth-order valence-electron chi connectivity index (χ4n) is 3.71. The highest BCUT2D eigenvalue weighted by atomic mass is 16.5. The number of likely N-dealkylation sites (tertiary alicyclic amines) is 1. The lowest BCUT2D eigenvalue weighted by molar-refractivity contribution is 0.122. The molecule has 4 rings (SSSR count). The average molecular weight is 341 g/mol. The summed E-state index contributed by atoms with van der Waals surface area (Å²) < 4.78 is 7.30. The zero-order chi connectivity index (χ0) is 17.4. The topological polar surface area (TPSA) is 80.0 Å². The molecule has 0 radical (unpaired) electrons. The highest BCUT2D eigenvalue weighted by molar-refractivity contribution is 5.75. The summed E-state index contributed by atoms with van der Waals surface area (Å²) in [4.78, 5) is 22.1. The first-order valence-electron chi connectivity index (χ1n) is 8.93. The van der Waals surface area contributed by atoms with Crippen molar-refractivity contribution < 1.29 is 4.52 Å². The van der Waals surface area contributed by atoms with Crippen LogP contribution in [-0.2, 0) is 6.42 Å². The second kappa shape index (κ2) is 6.48. The van der Waals surface area contributed by atoms with Crippen LogP contribution in [0.4, 0.5) is 0 Å². The Bertz CT molecular complexity index is 917. The van der Waals surface area contributed by atoms with E-state index >= 15 is 0 Å². The molecule has 25 heavy (non-hydrogen) atoms. The number of nitrogens with one attached hydrogen (secondary N) is 1. The molecule has 0 aliphatic carbocycles. The average Bonchev–Trinajstić information content (AvgIpc) is 3.25. The van der Waals surface area contributed by atoms with Gasteiger partial charge in [0.25, 0.3) is 0 Å². The van der Waals surface area contributed by atoms with Crippen LogP contribution in [0.3, 0.4) is 0 Å². The van der Waals surface area contributed by atoms with Crippen LogP contribution in [-0.4, -0.2) is 37.7 Å². The van der Waals surface area contributed by atoms with Crippen LogP contribution in [0.15, 0.2) is 33.6 Å². The molecule has 7 nitrogen and oxygen atoms in total. The minimum absolute atomic E-state index is 0.0165. The van der Waals surface area contributed by atoms with Crippen molar-refractivity contribution in [2.75, 3.05) is 13.1 Å². The van der Waals surface area contributed by atoms with Crippen LogP contribution in [0.25, 0.3) is 11.0 Å². The maximum absolute atomic E-state index is 12.4. The van der Waals surface area contributed by atoms with Gasteiger partial charge in [0.1, 0.15) is 0 Å². The van der Waals surface area contributed by atoms with Crippen LogP contribution in [0, 0.1) is 0 Å². The summed E-state index contributed by atoms with van der Waals surface area (Å²) in [7, 11) is 0. The van der Waals surface area contributed by atoms with Gasteiger partial charge in [0.15, 0.2) is 5.82 Å². The molecule has 0 amide bonds. The third-order valence-electron chi connectivity index (χ3n) is 5.19. The molecule has 1 aromatic carbocycles. The fraction of sp³-hybridized carbons (Fsp3) is 0.500. The molecule has 1 saturated heterocycles. The Morgan fingerprint density at radius 1 is 1.32 bits per heavy atom. The van der Waals surface area contributed by atoms with E-state index in [0.29, 0.717) is 5.89 Å². The number of hydrogen-bond acceptors (Lipinski definition) is 5. The monoisotopic (exact) mass is 341 g/mol. The van der Waals surface area contributed by atoms with Crippen molar-refractivity contribution in [1.29, 1.82) is 0 Å². The number of hydrogen-bond donors (Lipinski definition) is 1. The fourth-order valence-corrected chi connectivity index (χ4v) is 3.71. The molecule has 3 aromatic rings. The second-order valence-electron chi connectivity index (χ2n) is 6.66. The van der Waals surface area contributed by atoms with E-state index in [2.05, 4.69) is 26.9 Å². The largest absolute Gasteiger partial charge is 0.338 e. The van der Waals surface area contributed by atoms with Crippen LogP contribution < -0.4 is 5.69 Å².